The molecular formula is C16H25NO. The van der Waals surface area contributed by atoms with E-state index >= 15 is 0 Å². The zero-order chi connectivity index (χ0) is 13.0. The van der Waals surface area contributed by atoms with Gasteiger partial charge in [0.25, 0.3) is 0 Å². The van der Waals surface area contributed by atoms with Gasteiger partial charge in [-0.25, -0.2) is 4.98 Å². The Morgan fingerprint density at radius 3 is 2.67 bits per heavy atom. The molecule has 0 spiro atoms. The molecule has 0 unspecified atom stereocenters. The Kier molecular flexibility index (Phi) is 4.26. The third-order valence-electron chi connectivity index (χ3n) is 3.85. The van der Waals surface area contributed by atoms with Crippen LogP contribution in [0.4, 0.5) is 0 Å². The molecule has 0 N–H and O–H groups in total. The highest BCUT2D eigenvalue weighted by atomic mass is 16.5. The Morgan fingerprint density at radius 2 is 2.00 bits per heavy atom. The van der Waals surface area contributed by atoms with Crippen LogP contribution in [0, 0.1) is 5.92 Å². The van der Waals surface area contributed by atoms with Gasteiger partial charge in [0, 0.05) is 12.3 Å². The van der Waals surface area contributed by atoms with Gasteiger partial charge in [-0.1, -0.05) is 46.5 Å². The van der Waals surface area contributed by atoms with E-state index in [1.54, 1.807) is 0 Å². The van der Waals surface area contributed by atoms with Crippen molar-refractivity contribution in [1.29, 1.82) is 0 Å². The van der Waals surface area contributed by atoms with Crippen molar-refractivity contribution in [1.82, 2.24) is 4.98 Å². The molecule has 0 saturated heterocycles. The summed E-state index contributed by atoms with van der Waals surface area (Å²) < 4.78 is 5.79. The van der Waals surface area contributed by atoms with Gasteiger partial charge in [0.1, 0.15) is 0 Å². The molecule has 18 heavy (non-hydrogen) atoms. The van der Waals surface area contributed by atoms with E-state index in [1.807, 2.05) is 6.20 Å². The molecule has 1 aliphatic carbocycles. The zero-order valence-corrected chi connectivity index (χ0v) is 11.9. The first-order valence-electron chi connectivity index (χ1n) is 7.15. The average molecular weight is 247 g/mol. The molecule has 0 bridgehead atoms. The van der Waals surface area contributed by atoms with E-state index in [-0.39, 0.29) is 5.41 Å². The van der Waals surface area contributed by atoms with Gasteiger partial charge in [-0.3, -0.25) is 0 Å². The summed E-state index contributed by atoms with van der Waals surface area (Å²) in [6.07, 6.45) is 8.62. The summed E-state index contributed by atoms with van der Waals surface area (Å²) in [5.74, 6) is 1.66. The Bertz CT molecular complexity index is 375. The third kappa shape index (κ3) is 3.72. The lowest BCUT2D eigenvalue weighted by Crippen LogP contribution is -2.12. The van der Waals surface area contributed by atoms with Crippen molar-refractivity contribution < 1.29 is 4.74 Å². The van der Waals surface area contributed by atoms with Crippen molar-refractivity contribution in [3.63, 3.8) is 0 Å². The predicted molar refractivity (Wildman–Crippen MR) is 75.0 cm³/mol. The van der Waals surface area contributed by atoms with Crippen LogP contribution in [0.1, 0.15) is 58.4 Å². The number of pyridine rings is 1. The molecule has 1 aromatic rings. The highest BCUT2D eigenvalue weighted by Crippen LogP contribution is 2.28. The fourth-order valence-corrected chi connectivity index (χ4v) is 2.58. The molecule has 1 fully saturated rings. The van der Waals surface area contributed by atoms with Crippen molar-refractivity contribution in [3.8, 4) is 5.88 Å². The zero-order valence-electron chi connectivity index (χ0n) is 11.9. The molecular weight excluding hydrogens is 222 g/mol. The Morgan fingerprint density at radius 1 is 1.28 bits per heavy atom. The minimum atomic E-state index is 0.159. The van der Waals surface area contributed by atoms with Crippen molar-refractivity contribution >= 4 is 0 Å². The van der Waals surface area contributed by atoms with Crippen LogP contribution in [0.3, 0.4) is 0 Å². The van der Waals surface area contributed by atoms with Crippen LogP contribution in [0.5, 0.6) is 5.88 Å². The van der Waals surface area contributed by atoms with Crippen LogP contribution in [-0.2, 0) is 5.41 Å². The van der Waals surface area contributed by atoms with E-state index in [0.29, 0.717) is 0 Å². The van der Waals surface area contributed by atoms with E-state index in [2.05, 4.69) is 37.9 Å². The third-order valence-corrected chi connectivity index (χ3v) is 3.85. The van der Waals surface area contributed by atoms with Gasteiger partial charge >= 0.3 is 0 Å². The molecule has 0 radical (unpaired) electrons. The van der Waals surface area contributed by atoms with Gasteiger partial charge in [0.2, 0.25) is 5.88 Å². The molecule has 0 atom stereocenters. The SMILES string of the molecule is CC(C)(C)c1ccnc(OCCC2CCCC2)c1. The quantitative estimate of drug-likeness (QED) is 0.789. The van der Waals surface area contributed by atoms with Crippen LogP contribution in [0.25, 0.3) is 0 Å². The second-order valence-electron chi connectivity index (χ2n) is 6.42. The van der Waals surface area contributed by atoms with Crippen molar-refractivity contribution in [2.75, 3.05) is 6.61 Å². The molecule has 1 aliphatic rings. The van der Waals surface area contributed by atoms with Gasteiger partial charge in [0.15, 0.2) is 0 Å². The Labute approximate surface area is 111 Å². The number of rotatable bonds is 4. The fourth-order valence-electron chi connectivity index (χ4n) is 2.58. The maximum Gasteiger partial charge on any atom is 0.213 e. The van der Waals surface area contributed by atoms with Crippen LogP contribution in [0.2, 0.25) is 0 Å². The summed E-state index contributed by atoms with van der Waals surface area (Å²) in [4.78, 5) is 4.29. The van der Waals surface area contributed by atoms with E-state index in [4.69, 9.17) is 4.74 Å². The smallest absolute Gasteiger partial charge is 0.213 e. The van der Waals surface area contributed by atoms with Crippen LogP contribution < -0.4 is 4.74 Å². The maximum atomic E-state index is 5.79. The van der Waals surface area contributed by atoms with E-state index in [1.165, 1.54) is 37.7 Å². The summed E-state index contributed by atoms with van der Waals surface area (Å²) in [6.45, 7) is 7.45. The predicted octanol–water partition coefficient (Wildman–Crippen LogP) is 4.34. The highest BCUT2D eigenvalue weighted by Gasteiger charge is 2.16. The number of hydrogen-bond acceptors (Lipinski definition) is 2. The van der Waals surface area contributed by atoms with Gasteiger partial charge in [0.05, 0.1) is 6.61 Å². The summed E-state index contributed by atoms with van der Waals surface area (Å²) >= 11 is 0. The lowest BCUT2D eigenvalue weighted by Gasteiger charge is -2.19. The first-order chi connectivity index (χ1) is 8.55. The first kappa shape index (κ1) is 13.4. The second-order valence-corrected chi connectivity index (χ2v) is 6.42. The number of ether oxygens (including phenoxy) is 1. The maximum absolute atomic E-state index is 5.79. The summed E-state index contributed by atoms with van der Waals surface area (Å²) in [5, 5.41) is 0. The van der Waals surface area contributed by atoms with Gasteiger partial charge in [-0.05, 0) is 29.4 Å². The van der Waals surface area contributed by atoms with Crippen LogP contribution in [-0.4, -0.2) is 11.6 Å². The van der Waals surface area contributed by atoms with Gasteiger partial charge < -0.3 is 4.74 Å². The lowest BCUT2D eigenvalue weighted by molar-refractivity contribution is 0.269. The number of hydrogen-bond donors (Lipinski definition) is 0. The Balaban J connectivity index is 1.85. The molecule has 0 aliphatic heterocycles. The molecule has 0 amide bonds. The normalized spacial score (nSPS) is 17.1. The van der Waals surface area contributed by atoms with Crippen molar-refractivity contribution in [3.05, 3.63) is 23.9 Å². The minimum absolute atomic E-state index is 0.159. The largest absolute Gasteiger partial charge is 0.478 e. The van der Waals surface area contributed by atoms with Crippen LogP contribution >= 0.6 is 0 Å². The monoisotopic (exact) mass is 247 g/mol. The topological polar surface area (TPSA) is 22.1 Å². The Hall–Kier alpha value is -1.05. The van der Waals surface area contributed by atoms with E-state index < -0.39 is 0 Å². The molecule has 1 aromatic heterocycles. The van der Waals surface area contributed by atoms with Crippen molar-refractivity contribution in [2.45, 2.75) is 58.3 Å². The number of nitrogens with zero attached hydrogens (tertiary/aromatic N) is 1. The van der Waals surface area contributed by atoms with E-state index in [9.17, 15) is 0 Å². The molecule has 0 aromatic carbocycles. The summed E-state index contributed by atoms with van der Waals surface area (Å²) in [5.41, 5.74) is 1.44. The molecule has 2 heteroatoms. The molecule has 2 rings (SSSR count). The van der Waals surface area contributed by atoms with Gasteiger partial charge in [-0.2, -0.15) is 0 Å². The highest BCUT2D eigenvalue weighted by molar-refractivity contribution is 5.26. The van der Waals surface area contributed by atoms with Crippen molar-refractivity contribution in [2.24, 2.45) is 5.92 Å². The first-order valence-corrected chi connectivity index (χ1v) is 7.15. The number of aromatic nitrogens is 1. The summed E-state index contributed by atoms with van der Waals surface area (Å²) in [7, 11) is 0. The van der Waals surface area contributed by atoms with Crippen LogP contribution in [0.15, 0.2) is 18.3 Å². The average Bonchev–Trinajstić information content (AvgIpc) is 2.81. The second kappa shape index (κ2) is 5.73. The molecule has 1 heterocycles. The summed E-state index contributed by atoms with van der Waals surface area (Å²) in [6, 6.07) is 4.15. The van der Waals surface area contributed by atoms with Gasteiger partial charge in [-0.15, -0.1) is 0 Å². The molecule has 2 nitrogen and oxygen atoms in total. The molecule has 1 saturated carbocycles. The minimum Gasteiger partial charge on any atom is -0.478 e. The van der Waals surface area contributed by atoms with E-state index in [0.717, 1.165) is 18.4 Å². The lowest BCUT2D eigenvalue weighted by atomic mass is 9.88. The standard InChI is InChI=1S/C16H25NO/c1-16(2,3)14-8-10-17-15(12-14)18-11-9-13-6-4-5-7-13/h8,10,12-13H,4-7,9,11H2,1-3H3. The fraction of sp³-hybridized carbons (Fsp3) is 0.688. The molecule has 100 valence electrons.